The molecule has 0 fully saturated rings. The number of nitrogens with zero attached hydrogens (tertiary/aromatic N) is 2. The van der Waals surface area contributed by atoms with Gasteiger partial charge in [-0.2, -0.15) is 5.26 Å². The number of nitriles is 1. The predicted molar refractivity (Wildman–Crippen MR) is 74.0 cm³/mol. The minimum atomic E-state index is 0.561. The van der Waals surface area contributed by atoms with Crippen molar-refractivity contribution in [2.45, 2.75) is 13.5 Å². The molecule has 96 valence electrons. The van der Waals surface area contributed by atoms with E-state index in [0.717, 1.165) is 11.6 Å². The van der Waals surface area contributed by atoms with E-state index in [1.54, 1.807) is 25.4 Å². The molecule has 0 spiro atoms. The molecule has 4 nitrogen and oxygen atoms in total. The van der Waals surface area contributed by atoms with Crippen molar-refractivity contribution in [1.29, 1.82) is 5.26 Å². The van der Waals surface area contributed by atoms with Gasteiger partial charge in [0.25, 0.3) is 0 Å². The molecule has 0 atom stereocenters. The monoisotopic (exact) mass is 253 g/mol. The second kappa shape index (κ2) is 5.87. The highest BCUT2D eigenvalue weighted by Crippen LogP contribution is 2.17. The summed E-state index contributed by atoms with van der Waals surface area (Å²) in [6.45, 7) is 2.74. The van der Waals surface area contributed by atoms with Gasteiger partial charge in [-0.25, -0.2) is 4.98 Å². The van der Waals surface area contributed by atoms with Crippen LogP contribution in [-0.2, 0) is 6.54 Å². The van der Waals surface area contributed by atoms with Gasteiger partial charge in [0.05, 0.1) is 12.7 Å². The van der Waals surface area contributed by atoms with E-state index >= 15 is 0 Å². The molecule has 1 heterocycles. The fraction of sp³-hybridized carbons (Fsp3) is 0.200. The van der Waals surface area contributed by atoms with Gasteiger partial charge >= 0.3 is 0 Å². The Morgan fingerprint density at radius 3 is 2.74 bits per heavy atom. The Bertz CT molecular complexity index is 600. The average Bonchev–Trinajstić information content (AvgIpc) is 2.46. The van der Waals surface area contributed by atoms with Crippen molar-refractivity contribution in [3.05, 3.63) is 53.2 Å². The van der Waals surface area contributed by atoms with Crippen LogP contribution in [0.3, 0.4) is 0 Å². The van der Waals surface area contributed by atoms with E-state index in [0.29, 0.717) is 12.1 Å². The quantitative estimate of drug-likeness (QED) is 0.910. The van der Waals surface area contributed by atoms with Crippen molar-refractivity contribution >= 4 is 5.82 Å². The first-order chi connectivity index (χ1) is 9.22. The minimum Gasteiger partial charge on any atom is -0.497 e. The average molecular weight is 253 g/mol. The maximum atomic E-state index is 8.70. The smallest absolute Gasteiger partial charge is 0.126 e. The summed E-state index contributed by atoms with van der Waals surface area (Å²) in [5.41, 5.74) is 2.92. The van der Waals surface area contributed by atoms with Crippen LogP contribution in [0.1, 0.15) is 16.7 Å². The second-order valence-corrected chi connectivity index (χ2v) is 4.19. The number of benzene rings is 1. The lowest BCUT2D eigenvalue weighted by molar-refractivity contribution is 0.414. The fourth-order valence-corrected chi connectivity index (χ4v) is 1.74. The molecule has 2 aromatic rings. The SMILES string of the molecule is COc1ccc(CNc2ccc(C#N)cn2)c(C)c1. The van der Waals surface area contributed by atoms with Gasteiger partial charge in [-0.3, -0.25) is 0 Å². The van der Waals surface area contributed by atoms with E-state index in [1.165, 1.54) is 11.1 Å². The molecule has 2 rings (SSSR count). The number of anilines is 1. The number of pyridine rings is 1. The molecule has 4 heteroatoms. The molecule has 0 aliphatic heterocycles. The van der Waals surface area contributed by atoms with Crippen molar-refractivity contribution in [1.82, 2.24) is 4.98 Å². The summed E-state index contributed by atoms with van der Waals surface area (Å²) in [4.78, 5) is 4.17. The van der Waals surface area contributed by atoms with Crippen molar-refractivity contribution < 1.29 is 4.74 Å². The first-order valence-electron chi connectivity index (χ1n) is 5.96. The molecule has 0 radical (unpaired) electrons. The van der Waals surface area contributed by atoms with Gasteiger partial charge in [0.2, 0.25) is 0 Å². The molecule has 0 unspecified atom stereocenters. The van der Waals surface area contributed by atoms with Crippen LogP contribution in [0.25, 0.3) is 0 Å². The maximum Gasteiger partial charge on any atom is 0.126 e. The Labute approximate surface area is 112 Å². The zero-order valence-corrected chi connectivity index (χ0v) is 11.0. The van der Waals surface area contributed by atoms with Gasteiger partial charge in [-0.15, -0.1) is 0 Å². The zero-order valence-electron chi connectivity index (χ0n) is 11.0. The van der Waals surface area contributed by atoms with E-state index in [9.17, 15) is 0 Å². The van der Waals surface area contributed by atoms with Gasteiger partial charge in [0.15, 0.2) is 0 Å². The topological polar surface area (TPSA) is 57.9 Å². The van der Waals surface area contributed by atoms with E-state index in [1.807, 2.05) is 31.2 Å². The number of methoxy groups -OCH3 is 1. The first-order valence-corrected chi connectivity index (χ1v) is 5.96. The van der Waals surface area contributed by atoms with Gasteiger partial charge in [0, 0.05) is 12.7 Å². The number of rotatable bonds is 4. The Morgan fingerprint density at radius 2 is 2.16 bits per heavy atom. The van der Waals surface area contributed by atoms with Crippen molar-refractivity contribution in [3.8, 4) is 11.8 Å². The van der Waals surface area contributed by atoms with Gasteiger partial charge in [0.1, 0.15) is 17.6 Å². The standard InChI is InChI=1S/C15H15N3O/c1-11-7-14(19-2)5-4-13(11)10-18-15-6-3-12(8-16)9-17-15/h3-7,9H,10H2,1-2H3,(H,17,18). The first kappa shape index (κ1) is 12.9. The summed E-state index contributed by atoms with van der Waals surface area (Å²) in [5.74, 6) is 1.62. The van der Waals surface area contributed by atoms with Crippen LogP contribution in [0.15, 0.2) is 36.5 Å². The maximum absolute atomic E-state index is 8.70. The van der Waals surface area contributed by atoms with Crippen LogP contribution in [0, 0.1) is 18.3 Å². The summed E-state index contributed by atoms with van der Waals surface area (Å²) in [5, 5.41) is 11.9. The third-order valence-corrected chi connectivity index (χ3v) is 2.90. The Balaban J connectivity index is 2.04. The van der Waals surface area contributed by atoms with E-state index in [4.69, 9.17) is 10.00 Å². The third kappa shape index (κ3) is 3.23. The summed E-state index contributed by atoms with van der Waals surface area (Å²) in [6, 6.07) is 11.6. The molecule has 0 aliphatic rings. The second-order valence-electron chi connectivity index (χ2n) is 4.19. The Morgan fingerprint density at radius 1 is 1.32 bits per heavy atom. The van der Waals surface area contributed by atoms with Crippen LogP contribution in [0.5, 0.6) is 5.75 Å². The molecule has 19 heavy (non-hydrogen) atoms. The highest BCUT2D eigenvalue weighted by Gasteiger charge is 2.01. The molecule has 1 N–H and O–H groups in total. The molecule has 0 bridgehead atoms. The zero-order chi connectivity index (χ0) is 13.7. The van der Waals surface area contributed by atoms with Crippen molar-refractivity contribution in [2.75, 3.05) is 12.4 Å². The number of nitrogens with one attached hydrogen (secondary N) is 1. The Kier molecular flexibility index (Phi) is 3.99. The van der Waals surface area contributed by atoms with Crippen LogP contribution in [-0.4, -0.2) is 12.1 Å². The Hall–Kier alpha value is -2.54. The minimum absolute atomic E-state index is 0.561. The summed E-state index contributed by atoms with van der Waals surface area (Å²) in [6.07, 6.45) is 1.56. The van der Waals surface area contributed by atoms with Crippen LogP contribution >= 0.6 is 0 Å². The van der Waals surface area contributed by atoms with Gasteiger partial charge in [-0.05, 0) is 42.3 Å². The number of ether oxygens (including phenoxy) is 1. The highest BCUT2D eigenvalue weighted by atomic mass is 16.5. The molecule has 0 saturated heterocycles. The molecule has 1 aromatic heterocycles. The summed E-state index contributed by atoms with van der Waals surface area (Å²) < 4.78 is 5.17. The molecular formula is C15H15N3O. The fourth-order valence-electron chi connectivity index (χ4n) is 1.74. The van der Waals surface area contributed by atoms with Crippen molar-refractivity contribution in [2.24, 2.45) is 0 Å². The molecule has 1 aromatic carbocycles. The normalized spacial score (nSPS) is 9.74. The highest BCUT2D eigenvalue weighted by molar-refractivity contribution is 5.41. The largest absolute Gasteiger partial charge is 0.497 e. The lowest BCUT2D eigenvalue weighted by atomic mass is 10.1. The number of aromatic nitrogens is 1. The number of hydrogen-bond donors (Lipinski definition) is 1. The van der Waals surface area contributed by atoms with Gasteiger partial charge in [-0.1, -0.05) is 6.07 Å². The molecule has 0 amide bonds. The summed E-state index contributed by atoms with van der Waals surface area (Å²) in [7, 11) is 1.66. The van der Waals surface area contributed by atoms with E-state index in [2.05, 4.69) is 10.3 Å². The van der Waals surface area contributed by atoms with Crippen LogP contribution < -0.4 is 10.1 Å². The van der Waals surface area contributed by atoms with E-state index < -0.39 is 0 Å². The lowest BCUT2D eigenvalue weighted by Crippen LogP contribution is -2.03. The van der Waals surface area contributed by atoms with Gasteiger partial charge < -0.3 is 10.1 Å². The lowest BCUT2D eigenvalue weighted by Gasteiger charge is -2.09. The number of hydrogen-bond acceptors (Lipinski definition) is 4. The van der Waals surface area contributed by atoms with Crippen LogP contribution in [0.4, 0.5) is 5.82 Å². The third-order valence-electron chi connectivity index (χ3n) is 2.90. The predicted octanol–water partition coefficient (Wildman–Crippen LogP) is 2.88. The summed E-state index contributed by atoms with van der Waals surface area (Å²) >= 11 is 0. The molecule has 0 saturated carbocycles. The van der Waals surface area contributed by atoms with E-state index in [-0.39, 0.29) is 0 Å². The number of aryl methyl sites for hydroxylation is 1. The van der Waals surface area contributed by atoms with Crippen LogP contribution in [0.2, 0.25) is 0 Å². The molecular weight excluding hydrogens is 238 g/mol. The molecule has 0 aliphatic carbocycles. The van der Waals surface area contributed by atoms with Crippen molar-refractivity contribution in [3.63, 3.8) is 0 Å².